The molecule has 0 bridgehead atoms. The van der Waals surface area contributed by atoms with Crippen LogP contribution in [0.1, 0.15) is 6.42 Å². The van der Waals surface area contributed by atoms with Crippen LogP contribution in [0.3, 0.4) is 0 Å². The SMILES string of the molecule is O=C(CCN1C(=O)COc2ccccc21)Nc1cc([N+](=O)[O-])ccc1F. The summed E-state index contributed by atoms with van der Waals surface area (Å²) in [5.74, 6) is -1.10. The van der Waals surface area contributed by atoms with Gasteiger partial charge in [0.05, 0.1) is 16.3 Å². The number of rotatable bonds is 5. The van der Waals surface area contributed by atoms with E-state index in [4.69, 9.17) is 4.74 Å². The lowest BCUT2D eigenvalue weighted by atomic mass is 10.2. The van der Waals surface area contributed by atoms with Crippen molar-refractivity contribution < 1.29 is 23.6 Å². The molecule has 9 heteroatoms. The Morgan fingerprint density at radius 3 is 2.85 bits per heavy atom. The summed E-state index contributed by atoms with van der Waals surface area (Å²) in [6.07, 6.45) is -0.109. The predicted octanol–water partition coefficient (Wildman–Crippen LogP) is 2.49. The van der Waals surface area contributed by atoms with Gasteiger partial charge in [0.25, 0.3) is 11.6 Å². The number of nitro benzene ring substituents is 1. The number of nitrogens with zero attached hydrogens (tertiary/aromatic N) is 2. The zero-order valence-corrected chi connectivity index (χ0v) is 13.5. The number of hydrogen-bond acceptors (Lipinski definition) is 5. The first kappa shape index (κ1) is 17.3. The Hall–Kier alpha value is -3.49. The maximum Gasteiger partial charge on any atom is 0.271 e. The molecule has 1 heterocycles. The van der Waals surface area contributed by atoms with Crippen molar-refractivity contribution in [2.24, 2.45) is 0 Å². The minimum absolute atomic E-state index is 0.0710. The summed E-state index contributed by atoms with van der Waals surface area (Å²) in [6, 6.07) is 9.79. The van der Waals surface area contributed by atoms with Crippen molar-refractivity contribution in [2.75, 3.05) is 23.4 Å². The third-order valence-corrected chi connectivity index (χ3v) is 3.81. The second-order valence-corrected chi connectivity index (χ2v) is 5.52. The van der Waals surface area contributed by atoms with Crippen LogP contribution >= 0.6 is 0 Å². The fourth-order valence-electron chi connectivity index (χ4n) is 2.55. The van der Waals surface area contributed by atoms with E-state index in [9.17, 15) is 24.1 Å². The highest BCUT2D eigenvalue weighted by molar-refractivity contribution is 5.99. The zero-order valence-electron chi connectivity index (χ0n) is 13.5. The van der Waals surface area contributed by atoms with Gasteiger partial charge in [-0.1, -0.05) is 12.1 Å². The first-order chi connectivity index (χ1) is 12.5. The van der Waals surface area contributed by atoms with Crippen LogP contribution in [0.5, 0.6) is 5.75 Å². The minimum atomic E-state index is -0.781. The first-order valence-corrected chi connectivity index (χ1v) is 7.71. The molecule has 0 fully saturated rings. The molecule has 3 rings (SSSR count). The van der Waals surface area contributed by atoms with Crippen molar-refractivity contribution in [3.63, 3.8) is 0 Å². The van der Waals surface area contributed by atoms with E-state index in [1.54, 1.807) is 24.3 Å². The Morgan fingerprint density at radius 1 is 1.31 bits per heavy atom. The zero-order chi connectivity index (χ0) is 18.7. The van der Waals surface area contributed by atoms with Crippen LogP contribution < -0.4 is 15.0 Å². The number of anilines is 2. The fraction of sp³-hybridized carbons (Fsp3) is 0.176. The molecule has 26 heavy (non-hydrogen) atoms. The Balaban J connectivity index is 1.67. The number of para-hydroxylation sites is 2. The molecule has 1 aliphatic heterocycles. The number of fused-ring (bicyclic) bond motifs is 1. The average molecular weight is 359 g/mol. The molecule has 0 saturated carbocycles. The Kier molecular flexibility index (Phi) is 4.78. The Morgan fingerprint density at radius 2 is 2.08 bits per heavy atom. The topological polar surface area (TPSA) is 102 Å². The van der Waals surface area contributed by atoms with Crippen molar-refractivity contribution in [3.8, 4) is 5.75 Å². The monoisotopic (exact) mass is 359 g/mol. The molecule has 1 aliphatic rings. The van der Waals surface area contributed by atoms with Crippen LogP contribution in [0.25, 0.3) is 0 Å². The van der Waals surface area contributed by atoms with Crippen LogP contribution in [0, 0.1) is 15.9 Å². The molecule has 0 spiro atoms. The normalized spacial score (nSPS) is 13.0. The molecule has 0 saturated heterocycles. The van der Waals surface area contributed by atoms with Gasteiger partial charge in [-0.3, -0.25) is 19.7 Å². The quantitative estimate of drug-likeness (QED) is 0.653. The lowest BCUT2D eigenvalue weighted by molar-refractivity contribution is -0.384. The molecule has 1 N–H and O–H groups in total. The highest BCUT2D eigenvalue weighted by atomic mass is 19.1. The minimum Gasteiger partial charge on any atom is -0.482 e. The number of ether oxygens (including phenoxy) is 1. The van der Waals surface area contributed by atoms with E-state index < -0.39 is 16.6 Å². The number of halogens is 1. The third kappa shape index (κ3) is 3.61. The van der Waals surface area contributed by atoms with E-state index in [0.717, 1.165) is 18.2 Å². The molecule has 0 radical (unpaired) electrons. The summed E-state index contributed by atoms with van der Waals surface area (Å²) in [5.41, 5.74) is -0.0602. The molecule has 2 aromatic carbocycles. The lowest BCUT2D eigenvalue weighted by Gasteiger charge is -2.29. The second-order valence-electron chi connectivity index (χ2n) is 5.52. The fourth-order valence-corrected chi connectivity index (χ4v) is 2.55. The number of carbonyl (C=O) groups excluding carboxylic acids is 2. The number of carbonyl (C=O) groups is 2. The number of amides is 2. The molecule has 0 atom stereocenters. The van der Waals surface area contributed by atoms with Crippen LogP contribution in [0.4, 0.5) is 21.5 Å². The molecule has 8 nitrogen and oxygen atoms in total. The van der Waals surface area contributed by atoms with Gasteiger partial charge in [-0.15, -0.1) is 0 Å². The number of non-ortho nitro benzene ring substituents is 1. The standard InChI is InChI=1S/C17H14FN3O5/c18-12-6-5-11(21(24)25)9-13(12)19-16(22)7-8-20-14-3-1-2-4-15(14)26-10-17(20)23/h1-6,9H,7-8,10H2,(H,19,22). The molecule has 134 valence electrons. The van der Waals surface area contributed by atoms with Gasteiger partial charge in [-0.25, -0.2) is 4.39 Å². The summed E-state index contributed by atoms with van der Waals surface area (Å²) in [7, 11) is 0. The largest absolute Gasteiger partial charge is 0.482 e. The van der Waals surface area contributed by atoms with Crippen LogP contribution in [-0.2, 0) is 9.59 Å². The molecule has 0 unspecified atom stereocenters. The van der Waals surface area contributed by atoms with E-state index in [2.05, 4.69) is 5.32 Å². The third-order valence-electron chi connectivity index (χ3n) is 3.81. The summed E-state index contributed by atoms with van der Waals surface area (Å²) >= 11 is 0. The van der Waals surface area contributed by atoms with Gasteiger partial charge >= 0.3 is 0 Å². The molecular weight excluding hydrogens is 345 g/mol. The van der Waals surface area contributed by atoms with Gasteiger partial charge in [0.1, 0.15) is 11.6 Å². The first-order valence-electron chi connectivity index (χ1n) is 7.71. The Labute approximate surface area is 147 Å². The number of hydrogen-bond donors (Lipinski definition) is 1. The molecule has 2 aromatic rings. The van der Waals surface area contributed by atoms with Gasteiger partial charge in [0.2, 0.25) is 5.91 Å². The van der Waals surface area contributed by atoms with Crippen molar-refractivity contribution in [1.82, 2.24) is 0 Å². The highest BCUT2D eigenvalue weighted by Crippen LogP contribution is 2.31. The summed E-state index contributed by atoms with van der Waals surface area (Å²) in [5, 5.41) is 13.0. The lowest BCUT2D eigenvalue weighted by Crippen LogP contribution is -2.40. The maximum absolute atomic E-state index is 13.7. The molecule has 2 amide bonds. The van der Waals surface area contributed by atoms with Crippen molar-refractivity contribution in [1.29, 1.82) is 0 Å². The second kappa shape index (κ2) is 7.18. The molecule has 0 aromatic heterocycles. The molecular formula is C17H14FN3O5. The van der Waals surface area contributed by atoms with Gasteiger partial charge in [0, 0.05) is 25.1 Å². The summed E-state index contributed by atoms with van der Waals surface area (Å²) < 4.78 is 19.0. The van der Waals surface area contributed by atoms with E-state index in [1.165, 1.54) is 4.90 Å². The van der Waals surface area contributed by atoms with Crippen LogP contribution in [0.2, 0.25) is 0 Å². The number of nitro groups is 1. The number of benzene rings is 2. The van der Waals surface area contributed by atoms with Gasteiger partial charge < -0.3 is 15.0 Å². The predicted molar refractivity (Wildman–Crippen MR) is 90.6 cm³/mol. The van der Waals surface area contributed by atoms with E-state index in [0.29, 0.717) is 11.4 Å². The van der Waals surface area contributed by atoms with Gasteiger partial charge in [0.15, 0.2) is 6.61 Å². The highest BCUT2D eigenvalue weighted by Gasteiger charge is 2.25. The van der Waals surface area contributed by atoms with Crippen molar-refractivity contribution >= 4 is 28.9 Å². The molecule has 0 aliphatic carbocycles. The Bertz CT molecular complexity index is 886. The van der Waals surface area contributed by atoms with Crippen LogP contribution in [0.15, 0.2) is 42.5 Å². The van der Waals surface area contributed by atoms with E-state index in [-0.39, 0.29) is 36.9 Å². The summed E-state index contributed by atoms with van der Waals surface area (Å²) in [4.78, 5) is 35.6. The summed E-state index contributed by atoms with van der Waals surface area (Å²) in [6.45, 7) is -0.0558. The van der Waals surface area contributed by atoms with Crippen molar-refractivity contribution in [2.45, 2.75) is 6.42 Å². The van der Waals surface area contributed by atoms with Crippen molar-refractivity contribution in [3.05, 3.63) is 58.4 Å². The van der Waals surface area contributed by atoms with Crippen LogP contribution in [-0.4, -0.2) is 29.9 Å². The maximum atomic E-state index is 13.7. The van der Waals surface area contributed by atoms with Gasteiger partial charge in [-0.2, -0.15) is 0 Å². The number of nitrogens with one attached hydrogen (secondary N) is 1. The van der Waals surface area contributed by atoms with E-state index in [1.807, 2.05) is 0 Å². The van der Waals surface area contributed by atoms with E-state index >= 15 is 0 Å². The van der Waals surface area contributed by atoms with Gasteiger partial charge in [-0.05, 0) is 18.2 Å². The average Bonchev–Trinajstić information content (AvgIpc) is 2.62. The smallest absolute Gasteiger partial charge is 0.271 e.